The summed E-state index contributed by atoms with van der Waals surface area (Å²) in [5.41, 5.74) is 3.39. The number of hydrogen-bond acceptors (Lipinski definition) is 5. The molecule has 0 unspecified atom stereocenters. The Morgan fingerprint density at radius 2 is 2.08 bits per heavy atom. The van der Waals surface area contributed by atoms with Gasteiger partial charge in [0.25, 0.3) is 0 Å². The van der Waals surface area contributed by atoms with Gasteiger partial charge >= 0.3 is 0 Å². The van der Waals surface area contributed by atoms with Crippen LogP contribution in [-0.2, 0) is 17.6 Å². The lowest BCUT2D eigenvalue weighted by molar-refractivity contribution is -0.113. The third kappa shape index (κ3) is 3.62. The third-order valence-corrected chi connectivity index (χ3v) is 6.70. The van der Waals surface area contributed by atoms with Gasteiger partial charge in [-0.1, -0.05) is 23.9 Å². The number of anilines is 1. The van der Waals surface area contributed by atoms with Crippen molar-refractivity contribution in [3.8, 4) is 0 Å². The molecule has 0 saturated heterocycles. The van der Waals surface area contributed by atoms with Crippen LogP contribution in [0.4, 0.5) is 5.69 Å². The van der Waals surface area contributed by atoms with E-state index in [-0.39, 0.29) is 5.91 Å². The van der Waals surface area contributed by atoms with Crippen LogP contribution in [0.5, 0.6) is 0 Å². The van der Waals surface area contributed by atoms with Crippen molar-refractivity contribution >= 4 is 44.9 Å². The Labute approximate surface area is 161 Å². The van der Waals surface area contributed by atoms with Crippen LogP contribution < -0.4 is 5.32 Å². The number of benzene rings is 1. The van der Waals surface area contributed by atoms with Crippen molar-refractivity contribution in [2.75, 3.05) is 11.1 Å². The zero-order valence-corrected chi connectivity index (χ0v) is 16.6. The molecule has 1 aliphatic carbocycles. The first kappa shape index (κ1) is 17.5. The Balaban J connectivity index is 1.55. The highest BCUT2D eigenvalue weighted by Gasteiger charge is 2.21. The van der Waals surface area contributed by atoms with Crippen LogP contribution in [0.3, 0.4) is 0 Å². The number of carbonyl (C=O) groups is 1. The number of aromatic nitrogens is 2. The van der Waals surface area contributed by atoms with Gasteiger partial charge < -0.3 is 5.32 Å². The average molecular weight is 384 g/mol. The first-order valence-electron chi connectivity index (χ1n) is 8.88. The maximum atomic E-state index is 12.4. The molecule has 1 aliphatic rings. The Morgan fingerprint density at radius 3 is 2.92 bits per heavy atom. The molecule has 1 aromatic carbocycles. The first-order chi connectivity index (χ1) is 12.6. The summed E-state index contributed by atoms with van der Waals surface area (Å²) in [6, 6.07) is 7.86. The Bertz CT molecular complexity index is 981. The molecule has 1 amide bonds. The van der Waals surface area contributed by atoms with E-state index in [0.717, 1.165) is 39.8 Å². The van der Waals surface area contributed by atoms with E-state index in [1.165, 1.54) is 40.4 Å². The number of aryl methyl sites for hydroxylation is 4. The molecular formula is C20H21N3OS2. The van der Waals surface area contributed by atoms with Crippen LogP contribution in [0, 0.1) is 13.8 Å². The largest absolute Gasteiger partial charge is 0.325 e. The van der Waals surface area contributed by atoms with Crippen LogP contribution in [0.15, 0.2) is 29.3 Å². The van der Waals surface area contributed by atoms with Crippen molar-refractivity contribution in [3.05, 3.63) is 46.1 Å². The number of hydrogen-bond donors (Lipinski definition) is 1. The molecule has 0 fully saturated rings. The molecule has 0 saturated carbocycles. The fraction of sp³-hybridized carbons (Fsp3) is 0.350. The van der Waals surface area contributed by atoms with E-state index < -0.39 is 0 Å². The summed E-state index contributed by atoms with van der Waals surface area (Å²) in [5.74, 6) is 1.12. The minimum atomic E-state index is -0.00545. The van der Waals surface area contributed by atoms with Gasteiger partial charge in [-0.15, -0.1) is 11.3 Å². The number of rotatable bonds is 4. The Hall–Kier alpha value is -1.92. The second kappa shape index (κ2) is 7.37. The van der Waals surface area contributed by atoms with Crippen LogP contribution in [-0.4, -0.2) is 21.6 Å². The SMILES string of the molecule is Cc1cccc(NC(=O)CSc2nc(C)nc3sc4c(c23)CCCC4)c1. The topological polar surface area (TPSA) is 54.9 Å². The van der Waals surface area contributed by atoms with Crippen LogP contribution >= 0.6 is 23.1 Å². The lowest BCUT2D eigenvalue weighted by Crippen LogP contribution is -2.14. The van der Waals surface area contributed by atoms with E-state index in [4.69, 9.17) is 0 Å². The van der Waals surface area contributed by atoms with Gasteiger partial charge in [0.05, 0.1) is 5.75 Å². The highest BCUT2D eigenvalue weighted by Crippen LogP contribution is 2.39. The number of amides is 1. The lowest BCUT2D eigenvalue weighted by Gasteiger charge is -2.12. The van der Waals surface area contributed by atoms with Crippen LogP contribution in [0.1, 0.15) is 34.7 Å². The predicted octanol–water partition coefficient (Wildman–Crippen LogP) is 4.92. The second-order valence-corrected chi connectivity index (χ2v) is 8.72. The van der Waals surface area contributed by atoms with Gasteiger partial charge in [-0.3, -0.25) is 4.79 Å². The predicted molar refractivity (Wildman–Crippen MR) is 109 cm³/mol. The van der Waals surface area contributed by atoms with E-state index in [2.05, 4.69) is 15.3 Å². The molecule has 6 heteroatoms. The molecule has 134 valence electrons. The van der Waals surface area contributed by atoms with Crippen molar-refractivity contribution in [1.29, 1.82) is 0 Å². The number of carbonyl (C=O) groups excluding carboxylic acids is 1. The molecule has 2 aromatic heterocycles. The monoisotopic (exact) mass is 383 g/mol. The van der Waals surface area contributed by atoms with Gasteiger partial charge in [0.15, 0.2) is 0 Å². The summed E-state index contributed by atoms with van der Waals surface area (Å²) < 4.78 is 0. The van der Waals surface area contributed by atoms with Gasteiger partial charge in [-0.25, -0.2) is 9.97 Å². The van der Waals surface area contributed by atoms with Crippen molar-refractivity contribution in [1.82, 2.24) is 9.97 Å². The summed E-state index contributed by atoms with van der Waals surface area (Å²) in [6.45, 7) is 3.94. The summed E-state index contributed by atoms with van der Waals surface area (Å²) in [6.07, 6.45) is 4.73. The fourth-order valence-electron chi connectivity index (χ4n) is 3.38. The molecule has 0 aliphatic heterocycles. The molecule has 4 rings (SSSR count). The smallest absolute Gasteiger partial charge is 0.234 e. The molecule has 1 N–H and O–H groups in total. The molecule has 3 aromatic rings. The number of fused-ring (bicyclic) bond motifs is 3. The van der Waals surface area contributed by atoms with E-state index >= 15 is 0 Å². The van der Waals surface area contributed by atoms with E-state index in [1.807, 2.05) is 38.1 Å². The normalized spacial score (nSPS) is 13.6. The molecule has 0 spiro atoms. The number of thioether (sulfide) groups is 1. The van der Waals surface area contributed by atoms with Gasteiger partial charge in [-0.2, -0.15) is 0 Å². The fourth-order valence-corrected chi connectivity index (χ4v) is 5.66. The van der Waals surface area contributed by atoms with Gasteiger partial charge in [-0.05, 0) is 62.8 Å². The van der Waals surface area contributed by atoms with Crippen LogP contribution in [0.2, 0.25) is 0 Å². The zero-order chi connectivity index (χ0) is 18.1. The van der Waals surface area contributed by atoms with E-state index in [0.29, 0.717) is 5.75 Å². The number of nitrogens with zero attached hydrogens (tertiary/aromatic N) is 2. The van der Waals surface area contributed by atoms with Crippen molar-refractivity contribution in [3.63, 3.8) is 0 Å². The molecule has 0 radical (unpaired) electrons. The maximum absolute atomic E-state index is 12.4. The lowest BCUT2D eigenvalue weighted by atomic mass is 9.97. The van der Waals surface area contributed by atoms with E-state index in [1.54, 1.807) is 11.3 Å². The molecule has 2 heterocycles. The quantitative estimate of drug-likeness (QED) is 0.513. The number of nitrogens with one attached hydrogen (secondary N) is 1. The summed E-state index contributed by atoms with van der Waals surface area (Å²) >= 11 is 3.32. The standard InChI is InChI=1S/C20H21N3OS2/c1-12-6-5-7-14(10-12)23-17(24)11-25-19-18-15-8-3-4-9-16(15)26-20(18)22-13(2)21-19/h5-7,10H,3-4,8-9,11H2,1-2H3,(H,23,24). The van der Waals surface area contributed by atoms with Crippen molar-refractivity contribution in [2.24, 2.45) is 0 Å². The highest BCUT2D eigenvalue weighted by atomic mass is 32.2. The summed E-state index contributed by atoms with van der Waals surface area (Å²) in [7, 11) is 0. The molecule has 4 nitrogen and oxygen atoms in total. The van der Waals surface area contributed by atoms with Crippen molar-refractivity contribution in [2.45, 2.75) is 44.6 Å². The van der Waals surface area contributed by atoms with Gasteiger partial charge in [0, 0.05) is 16.0 Å². The van der Waals surface area contributed by atoms with Gasteiger partial charge in [0.2, 0.25) is 5.91 Å². The molecule has 0 bridgehead atoms. The second-order valence-electron chi connectivity index (χ2n) is 6.67. The first-order valence-corrected chi connectivity index (χ1v) is 10.7. The Morgan fingerprint density at radius 1 is 1.23 bits per heavy atom. The molecule has 0 atom stereocenters. The minimum absolute atomic E-state index is 0.00545. The molecule has 26 heavy (non-hydrogen) atoms. The number of thiophene rings is 1. The minimum Gasteiger partial charge on any atom is -0.325 e. The summed E-state index contributed by atoms with van der Waals surface area (Å²) in [5, 5.41) is 5.11. The highest BCUT2D eigenvalue weighted by molar-refractivity contribution is 8.00. The van der Waals surface area contributed by atoms with Crippen molar-refractivity contribution < 1.29 is 4.79 Å². The molecular weight excluding hydrogens is 362 g/mol. The summed E-state index contributed by atoms with van der Waals surface area (Å²) in [4.78, 5) is 24.2. The van der Waals surface area contributed by atoms with Gasteiger partial charge in [0.1, 0.15) is 15.7 Å². The average Bonchev–Trinajstić information content (AvgIpc) is 2.97. The third-order valence-electron chi connectivity index (χ3n) is 4.54. The van der Waals surface area contributed by atoms with Crippen LogP contribution in [0.25, 0.3) is 10.2 Å². The maximum Gasteiger partial charge on any atom is 0.234 e. The zero-order valence-electron chi connectivity index (χ0n) is 15.0. The van der Waals surface area contributed by atoms with E-state index in [9.17, 15) is 4.79 Å². The Kier molecular flexibility index (Phi) is 4.96.